The molecule has 2 N–H and O–H groups in total. The number of nitrogens with zero attached hydrogens (tertiary/aromatic N) is 3. The zero-order chi connectivity index (χ0) is 16.2. The van der Waals surface area contributed by atoms with Crippen LogP contribution < -0.4 is 5.32 Å². The molecule has 0 fully saturated rings. The Morgan fingerprint density at radius 1 is 1.22 bits per heavy atom. The first-order chi connectivity index (χ1) is 11.1. The third kappa shape index (κ3) is 3.74. The molecule has 0 aliphatic carbocycles. The topological polar surface area (TPSA) is 80.0 Å². The number of rotatable bonds is 4. The molecule has 0 saturated carbocycles. The van der Waals surface area contributed by atoms with Gasteiger partial charge in [0.25, 0.3) is 0 Å². The average molecular weight is 308 g/mol. The minimum atomic E-state index is -0.140. The van der Waals surface area contributed by atoms with Crippen LogP contribution >= 0.6 is 0 Å². The van der Waals surface area contributed by atoms with Gasteiger partial charge >= 0.3 is 0 Å². The molecule has 0 radical (unpaired) electrons. The van der Waals surface area contributed by atoms with E-state index in [4.69, 9.17) is 0 Å². The number of carbonyl (C=O) groups is 1. The Hall–Kier alpha value is -3.15. The molecule has 1 amide bonds. The monoisotopic (exact) mass is 308 g/mol. The number of phenolic OH excluding ortho intramolecular Hbond substituents is 1. The van der Waals surface area contributed by atoms with Crippen LogP contribution in [0.4, 0.5) is 5.69 Å². The lowest BCUT2D eigenvalue weighted by molar-refractivity contribution is -0.115. The molecular formula is C17H16N4O2. The number of carbonyl (C=O) groups excluding carboxylic acids is 1. The lowest BCUT2D eigenvalue weighted by Crippen LogP contribution is -2.14. The van der Waals surface area contributed by atoms with Crippen molar-refractivity contribution in [1.29, 1.82) is 0 Å². The van der Waals surface area contributed by atoms with E-state index in [2.05, 4.69) is 15.4 Å². The Morgan fingerprint density at radius 3 is 2.65 bits per heavy atom. The predicted molar refractivity (Wildman–Crippen MR) is 86.9 cm³/mol. The molecule has 116 valence electrons. The van der Waals surface area contributed by atoms with Crippen molar-refractivity contribution in [2.24, 2.45) is 7.05 Å². The maximum Gasteiger partial charge on any atom is 0.228 e. The third-order valence-corrected chi connectivity index (χ3v) is 3.30. The Balaban J connectivity index is 1.65. The summed E-state index contributed by atoms with van der Waals surface area (Å²) in [6, 6.07) is 14.0. The van der Waals surface area contributed by atoms with Crippen LogP contribution in [-0.4, -0.2) is 25.8 Å². The van der Waals surface area contributed by atoms with Crippen LogP contribution in [0.5, 0.6) is 5.75 Å². The molecule has 0 atom stereocenters. The molecular weight excluding hydrogens is 292 g/mol. The number of hydrogen-bond donors (Lipinski definition) is 2. The summed E-state index contributed by atoms with van der Waals surface area (Å²) < 4.78 is 1.64. The SMILES string of the molecule is Cn1cnc(-c2ccc(NC(=O)Cc3cccc(O)c3)cc2)n1. The van der Waals surface area contributed by atoms with Crippen molar-refractivity contribution < 1.29 is 9.90 Å². The minimum absolute atomic E-state index is 0.140. The van der Waals surface area contributed by atoms with Gasteiger partial charge in [-0.05, 0) is 42.0 Å². The highest BCUT2D eigenvalue weighted by atomic mass is 16.3. The number of aromatic nitrogens is 3. The van der Waals surface area contributed by atoms with Crippen molar-refractivity contribution in [3.05, 3.63) is 60.4 Å². The van der Waals surface area contributed by atoms with Crippen LogP contribution in [0.15, 0.2) is 54.9 Å². The molecule has 0 unspecified atom stereocenters. The smallest absolute Gasteiger partial charge is 0.228 e. The van der Waals surface area contributed by atoms with Gasteiger partial charge in [0, 0.05) is 18.3 Å². The number of aryl methyl sites for hydroxylation is 1. The van der Waals surface area contributed by atoms with Crippen molar-refractivity contribution in [3.8, 4) is 17.1 Å². The number of nitrogens with one attached hydrogen (secondary N) is 1. The van der Waals surface area contributed by atoms with Crippen molar-refractivity contribution in [2.75, 3.05) is 5.32 Å². The van der Waals surface area contributed by atoms with Crippen molar-refractivity contribution in [1.82, 2.24) is 14.8 Å². The van der Waals surface area contributed by atoms with Gasteiger partial charge < -0.3 is 10.4 Å². The summed E-state index contributed by atoms with van der Waals surface area (Å²) in [5, 5.41) is 16.5. The highest BCUT2D eigenvalue weighted by Crippen LogP contribution is 2.18. The maximum absolute atomic E-state index is 12.0. The molecule has 0 spiro atoms. The number of benzene rings is 2. The standard InChI is InChI=1S/C17H16N4O2/c1-21-11-18-17(20-21)13-5-7-14(8-6-13)19-16(23)10-12-3-2-4-15(22)9-12/h2-9,11,22H,10H2,1H3,(H,19,23). The van der Waals surface area contributed by atoms with Gasteiger partial charge in [-0.25, -0.2) is 4.98 Å². The van der Waals surface area contributed by atoms with Crippen molar-refractivity contribution in [3.63, 3.8) is 0 Å². The summed E-state index contributed by atoms with van der Waals surface area (Å²) in [6.45, 7) is 0. The Kier molecular flexibility index (Phi) is 4.05. The van der Waals surface area contributed by atoms with Gasteiger partial charge in [-0.1, -0.05) is 12.1 Å². The van der Waals surface area contributed by atoms with Gasteiger partial charge in [0.15, 0.2) is 5.82 Å². The van der Waals surface area contributed by atoms with Gasteiger partial charge in [-0.3, -0.25) is 9.48 Å². The maximum atomic E-state index is 12.0. The third-order valence-electron chi connectivity index (χ3n) is 3.30. The number of amides is 1. The zero-order valence-electron chi connectivity index (χ0n) is 12.6. The molecule has 1 aromatic heterocycles. The predicted octanol–water partition coefficient (Wildman–Crippen LogP) is 2.37. The minimum Gasteiger partial charge on any atom is -0.508 e. The van der Waals surface area contributed by atoms with E-state index in [0.717, 1.165) is 11.1 Å². The fourth-order valence-corrected chi connectivity index (χ4v) is 2.23. The van der Waals surface area contributed by atoms with E-state index in [9.17, 15) is 9.90 Å². The summed E-state index contributed by atoms with van der Waals surface area (Å²) in [4.78, 5) is 16.2. The van der Waals surface area contributed by atoms with Gasteiger partial charge in [0.2, 0.25) is 5.91 Å². The molecule has 23 heavy (non-hydrogen) atoms. The molecule has 3 aromatic rings. The van der Waals surface area contributed by atoms with E-state index >= 15 is 0 Å². The summed E-state index contributed by atoms with van der Waals surface area (Å²) in [6.07, 6.45) is 1.85. The highest BCUT2D eigenvalue weighted by molar-refractivity contribution is 5.92. The molecule has 0 aliphatic heterocycles. The highest BCUT2D eigenvalue weighted by Gasteiger charge is 2.06. The lowest BCUT2D eigenvalue weighted by Gasteiger charge is -2.06. The Bertz CT molecular complexity index is 825. The first-order valence-corrected chi connectivity index (χ1v) is 7.14. The second-order valence-corrected chi connectivity index (χ2v) is 5.21. The number of anilines is 1. The summed E-state index contributed by atoms with van der Waals surface area (Å²) >= 11 is 0. The Morgan fingerprint density at radius 2 is 2.00 bits per heavy atom. The van der Waals surface area contributed by atoms with E-state index in [1.807, 2.05) is 31.3 Å². The van der Waals surface area contributed by atoms with E-state index in [0.29, 0.717) is 11.5 Å². The van der Waals surface area contributed by atoms with Crippen LogP contribution in [0.25, 0.3) is 11.4 Å². The van der Waals surface area contributed by atoms with Crippen LogP contribution in [0.3, 0.4) is 0 Å². The summed E-state index contributed by atoms with van der Waals surface area (Å²) in [5.41, 5.74) is 2.35. The molecule has 1 heterocycles. The van der Waals surface area contributed by atoms with Gasteiger partial charge in [0.1, 0.15) is 12.1 Å². The summed E-state index contributed by atoms with van der Waals surface area (Å²) in [7, 11) is 1.81. The van der Waals surface area contributed by atoms with Crippen LogP contribution in [0.1, 0.15) is 5.56 Å². The fraction of sp³-hybridized carbons (Fsp3) is 0.118. The fourth-order valence-electron chi connectivity index (χ4n) is 2.23. The molecule has 6 nitrogen and oxygen atoms in total. The van der Waals surface area contributed by atoms with Crippen LogP contribution in [0, 0.1) is 0 Å². The van der Waals surface area contributed by atoms with Crippen LogP contribution in [0.2, 0.25) is 0 Å². The van der Waals surface area contributed by atoms with Gasteiger partial charge in [-0.2, -0.15) is 5.10 Å². The second-order valence-electron chi connectivity index (χ2n) is 5.21. The quantitative estimate of drug-likeness (QED) is 0.775. The van der Waals surface area contributed by atoms with E-state index in [1.165, 1.54) is 0 Å². The lowest BCUT2D eigenvalue weighted by atomic mass is 10.1. The van der Waals surface area contributed by atoms with E-state index < -0.39 is 0 Å². The molecule has 2 aromatic carbocycles. The Labute approximate surface area is 133 Å². The van der Waals surface area contributed by atoms with E-state index in [1.54, 1.807) is 35.3 Å². The first kappa shape index (κ1) is 14.8. The van der Waals surface area contributed by atoms with Gasteiger partial charge in [-0.15, -0.1) is 0 Å². The van der Waals surface area contributed by atoms with Gasteiger partial charge in [0.05, 0.1) is 6.42 Å². The molecule has 0 aliphatic rings. The number of hydrogen-bond acceptors (Lipinski definition) is 4. The normalized spacial score (nSPS) is 10.5. The molecule has 6 heteroatoms. The van der Waals surface area contributed by atoms with Crippen LogP contribution in [-0.2, 0) is 18.3 Å². The molecule has 3 rings (SSSR count). The van der Waals surface area contributed by atoms with E-state index in [-0.39, 0.29) is 18.1 Å². The molecule has 0 bridgehead atoms. The van der Waals surface area contributed by atoms with Crippen molar-refractivity contribution >= 4 is 11.6 Å². The molecule has 0 saturated heterocycles. The first-order valence-electron chi connectivity index (χ1n) is 7.14. The number of phenols is 1. The summed E-state index contributed by atoms with van der Waals surface area (Å²) in [5.74, 6) is 0.659. The number of aromatic hydroxyl groups is 1. The van der Waals surface area contributed by atoms with Crippen molar-refractivity contribution in [2.45, 2.75) is 6.42 Å². The average Bonchev–Trinajstić information content (AvgIpc) is 2.94. The zero-order valence-corrected chi connectivity index (χ0v) is 12.6. The largest absolute Gasteiger partial charge is 0.508 e. The second kappa shape index (κ2) is 6.31.